The van der Waals surface area contributed by atoms with Crippen molar-refractivity contribution in [3.63, 3.8) is 0 Å². The number of aryl methyl sites for hydroxylation is 1. The average Bonchev–Trinajstić information content (AvgIpc) is 3.22. The maximum atomic E-state index is 12.9. The Labute approximate surface area is 256 Å². The van der Waals surface area contributed by atoms with Crippen molar-refractivity contribution in [2.75, 3.05) is 13.2 Å². The summed E-state index contributed by atoms with van der Waals surface area (Å²) in [4.78, 5) is 76.0. The van der Waals surface area contributed by atoms with Gasteiger partial charge in [0.2, 0.25) is 5.91 Å². The van der Waals surface area contributed by atoms with Gasteiger partial charge in [-0.15, -0.1) is 0 Å². The van der Waals surface area contributed by atoms with Crippen molar-refractivity contribution in [1.29, 1.82) is 0 Å². The van der Waals surface area contributed by atoms with Crippen molar-refractivity contribution in [2.45, 2.75) is 89.3 Å². The van der Waals surface area contributed by atoms with Gasteiger partial charge in [-0.2, -0.15) is 13.7 Å². The fraction of sp³-hybridized carbons (Fsp3) is 0.773. The first-order chi connectivity index (χ1) is 20.4. The summed E-state index contributed by atoms with van der Waals surface area (Å²) >= 11 is 0. The number of aliphatic hydroxyl groups excluding tert-OH is 1. The number of carbonyl (C=O) groups excluding carboxylic acids is 1. The third kappa shape index (κ3) is 10.4. The van der Waals surface area contributed by atoms with Gasteiger partial charge in [0.15, 0.2) is 0 Å². The summed E-state index contributed by atoms with van der Waals surface area (Å²) in [5.74, 6) is -0.516. The predicted molar refractivity (Wildman–Crippen MR) is 152 cm³/mol. The second-order valence-corrected chi connectivity index (χ2v) is 16.5. The topological polar surface area (TPSA) is 297 Å². The number of nitrogens with zero attached hydrogens (tertiary/aromatic N) is 2. The lowest BCUT2D eigenvalue weighted by atomic mass is 9.75. The molecular formula is C22H39N4O16P3. The molecule has 1 aromatic rings. The van der Waals surface area contributed by atoms with Gasteiger partial charge in [0.25, 0.3) is 5.56 Å². The molecule has 2 saturated heterocycles. The van der Waals surface area contributed by atoms with Gasteiger partial charge in [-0.1, -0.05) is 0 Å². The number of phosphoric ester groups is 1. The Morgan fingerprint density at radius 3 is 2.24 bits per heavy atom. The number of nitrogens with one attached hydrogen (secondary N) is 2. The Kier molecular flexibility index (Phi) is 11.7. The Hall–Kier alpha value is -1.60. The van der Waals surface area contributed by atoms with Crippen molar-refractivity contribution in [3.05, 3.63) is 32.6 Å². The summed E-state index contributed by atoms with van der Waals surface area (Å²) in [6.45, 7) is 6.68. The van der Waals surface area contributed by atoms with Gasteiger partial charge < -0.3 is 39.9 Å². The summed E-state index contributed by atoms with van der Waals surface area (Å²) in [6, 6.07) is 0. The number of piperidine rings is 1. The summed E-state index contributed by atoms with van der Waals surface area (Å²) in [7, 11) is -16.8. The zero-order valence-electron chi connectivity index (χ0n) is 24.8. The van der Waals surface area contributed by atoms with E-state index in [9.17, 15) is 48.2 Å². The van der Waals surface area contributed by atoms with Crippen LogP contribution < -0.4 is 16.6 Å². The summed E-state index contributed by atoms with van der Waals surface area (Å²) < 4.78 is 52.4. The molecule has 3 heterocycles. The molecule has 0 spiro atoms. The van der Waals surface area contributed by atoms with Gasteiger partial charge in [-0.3, -0.25) is 23.7 Å². The van der Waals surface area contributed by atoms with E-state index in [-0.39, 0.29) is 36.8 Å². The molecular weight excluding hydrogens is 669 g/mol. The highest BCUT2D eigenvalue weighted by atomic mass is 31.3. The van der Waals surface area contributed by atoms with E-state index in [1.807, 2.05) is 27.7 Å². The van der Waals surface area contributed by atoms with E-state index in [0.29, 0.717) is 19.3 Å². The molecule has 0 bridgehead atoms. The molecule has 1 amide bonds. The number of hydrogen-bond donors (Lipinski definition) is 8. The number of hydrogen-bond acceptors (Lipinski definition) is 13. The van der Waals surface area contributed by atoms with Crippen LogP contribution in [0.1, 0.15) is 65.2 Å². The fourth-order valence-electron chi connectivity index (χ4n) is 5.52. The molecule has 0 aliphatic carbocycles. The molecule has 3 rings (SSSR count). The molecule has 8 N–H and O–H groups in total. The Morgan fingerprint density at radius 1 is 1.07 bits per heavy atom. The van der Waals surface area contributed by atoms with Gasteiger partial charge in [-0.25, -0.2) is 18.5 Å². The minimum absolute atomic E-state index is 0.146. The number of ether oxygens (including phenoxy) is 1. The summed E-state index contributed by atoms with van der Waals surface area (Å²) in [5.41, 5.74) is -2.62. The summed E-state index contributed by atoms with van der Waals surface area (Å²) in [6.07, 6.45) is -1.63. The maximum absolute atomic E-state index is 12.9. The third-order valence-electron chi connectivity index (χ3n) is 7.31. The van der Waals surface area contributed by atoms with E-state index in [1.165, 1.54) is 11.3 Å². The molecule has 258 valence electrons. The van der Waals surface area contributed by atoms with E-state index in [4.69, 9.17) is 14.5 Å². The van der Waals surface area contributed by atoms with Crippen LogP contribution in [0.15, 0.2) is 15.8 Å². The van der Waals surface area contributed by atoms with E-state index < -0.39 is 70.8 Å². The number of carbonyl (C=O) groups is 1. The van der Waals surface area contributed by atoms with Crippen LogP contribution >= 0.6 is 23.5 Å². The van der Waals surface area contributed by atoms with Crippen LogP contribution in [-0.2, 0) is 42.8 Å². The number of phosphoric acid groups is 3. The highest BCUT2D eigenvalue weighted by Gasteiger charge is 2.47. The maximum Gasteiger partial charge on any atom is 0.490 e. The summed E-state index contributed by atoms with van der Waals surface area (Å²) in [5, 5.41) is 24.9. The lowest BCUT2D eigenvalue weighted by Gasteiger charge is -2.51. The predicted octanol–water partition coefficient (Wildman–Crippen LogP) is 0.236. The highest BCUT2D eigenvalue weighted by Crippen LogP contribution is 2.66. The third-order valence-corrected chi connectivity index (χ3v) is 11.1. The molecule has 0 radical (unpaired) electrons. The lowest BCUT2D eigenvalue weighted by Crippen LogP contribution is -2.60. The first kappa shape index (κ1) is 37.9. The molecule has 23 heteroatoms. The van der Waals surface area contributed by atoms with Crippen LogP contribution in [0.5, 0.6) is 0 Å². The van der Waals surface area contributed by atoms with Gasteiger partial charge in [0.1, 0.15) is 12.3 Å². The van der Waals surface area contributed by atoms with E-state index >= 15 is 0 Å². The molecule has 0 saturated carbocycles. The highest BCUT2D eigenvalue weighted by molar-refractivity contribution is 7.66. The van der Waals surface area contributed by atoms with Crippen LogP contribution in [-0.4, -0.2) is 86.8 Å². The van der Waals surface area contributed by atoms with Crippen molar-refractivity contribution < 1.29 is 66.3 Å². The molecule has 1 aromatic heterocycles. The number of H-pyrrole nitrogens is 1. The minimum atomic E-state index is -5.74. The molecule has 2 fully saturated rings. The van der Waals surface area contributed by atoms with Crippen molar-refractivity contribution in [2.24, 2.45) is 5.92 Å². The van der Waals surface area contributed by atoms with Crippen molar-refractivity contribution in [1.82, 2.24) is 19.9 Å². The number of aliphatic hydroxyl groups is 1. The van der Waals surface area contributed by atoms with E-state index in [1.54, 1.807) is 0 Å². The number of aromatic amines is 1. The Balaban J connectivity index is 1.57. The largest absolute Gasteiger partial charge is 0.490 e. The molecule has 2 aliphatic rings. The van der Waals surface area contributed by atoms with E-state index in [0.717, 1.165) is 4.57 Å². The standard InChI is InChI=1S/C22H39N4O16P3/c1-21(2)9-14(10-22(3,4)26(21)31)18(28)23-7-5-6-13-11-25(20(30)24-19(13)29)17-8-15(27)16(40-17)12-39-44(35,36)42-45(37,38)41-43(32,33)34/h11,14-17,27,31H,5-10,12H2,1-4H3,(H,23,28)(H,35,36)(H,37,38)(H,24,29,30)(H2,32,33,34)/t15?,16-,17-/m1/s1. The molecule has 2 aliphatic heterocycles. The SMILES string of the molecule is CC1(C)CC(C(=O)NCCCc2cn([C@H]3CC(O)[C@@H](COP(=O)(O)OP(=O)(O)OP(=O)(O)O)O3)c(=O)[nH]c2=O)CC(C)(C)N1O. The van der Waals surface area contributed by atoms with Crippen molar-refractivity contribution >= 4 is 29.4 Å². The fourth-order valence-corrected chi connectivity index (χ4v) is 8.55. The number of hydroxylamine groups is 2. The van der Waals surface area contributed by atoms with Gasteiger partial charge in [-0.05, 0) is 53.4 Å². The molecule has 3 unspecified atom stereocenters. The minimum Gasteiger partial charge on any atom is -0.390 e. The normalized spacial score (nSPS) is 26.7. The second kappa shape index (κ2) is 13.9. The van der Waals surface area contributed by atoms with Crippen LogP contribution in [0, 0.1) is 5.92 Å². The van der Waals surface area contributed by atoms with Gasteiger partial charge >= 0.3 is 29.2 Å². The van der Waals surface area contributed by atoms with Crippen LogP contribution in [0.3, 0.4) is 0 Å². The monoisotopic (exact) mass is 708 g/mol. The molecule has 20 nitrogen and oxygen atoms in total. The van der Waals surface area contributed by atoms with Crippen LogP contribution in [0.25, 0.3) is 0 Å². The zero-order chi connectivity index (χ0) is 34.2. The number of amides is 1. The average molecular weight is 708 g/mol. The molecule has 5 atom stereocenters. The van der Waals surface area contributed by atoms with Crippen molar-refractivity contribution in [3.8, 4) is 0 Å². The number of rotatable bonds is 13. The first-order valence-electron chi connectivity index (χ1n) is 13.6. The quantitative estimate of drug-likeness (QED) is 0.100. The second-order valence-electron chi connectivity index (χ2n) is 12.1. The lowest BCUT2D eigenvalue weighted by molar-refractivity contribution is -0.249. The van der Waals surface area contributed by atoms with Crippen LogP contribution in [0.4, 0.5) is 0 Å². The Morgan fingerprint density at radius 2 is 1.67 bits per heavy atom. The smallest absolute Gasteiger partial charge is 0.390 e. The Bertz CT molecular complexity index is 1490. The number of aromatic nitrogens is 2. The zero-order valence-corrected chi connectivity index (χ0v) is 27.5. The van der Waals surface area contributed by atoms with Gasteiger partial charge in [0, 0.05) is 41.7 Å². The van der Waals surface area contributed by atoms with E-state index in [2.05, 4.69) is 23.4 Å². The molecule has 45 heavy (non-hydrogen) atoms. The first-order valence-corrected chi connectivity index (χ1v) is 18.2. The van der Waals surface area contributed by atoms with Gasteiger partial charge in [0.05, 0.1) is 12.7 Å². The van der Waals surface area contributed by atoms with Crippen LogP contribution in [0.2, 0.25) is 0 Å². The molecule has 0 aromatic carbocycles.